The minimum absolute atomic E-state index is 0.0791. The van der Waals surface area contributed by atoms with Crippen LogP contribution >= 0.6 is 0 Å². The Bertz CT molecular complexity index is 1060. The Morgan fingerprint density at radius 2 is 1.90 bits per heavy atom. The number of carbonyl (C=O) groups excluding carboxylic acids is 1. The van der Waals surface area contributed by atoms with Crippen LogP contribution in [-0.4, -0.2) is 32.1 Å². The summed E-state index contributed by atoms with van der Waals surface area (Å²) in [5.74, 6) is 2.85. The molecule has 8 heteroatoms. The summed E-state index contributed by atoms with van der Waals surface area (Å²) in [6.07, 6.45) is 6.11. The van der Waals surface area contributed by atoms with Crippen molar-refractivity contribution in [2.45, 2.75) is 57.7 Å². The second-order valence-electron chi connectivity index (χ2n) is 8.10. The average molecular weight is 424 g/mol. The van der Waals surface area contributed by atoms with E-state index in [1.54, 1.807) is 24.3 Å². The number of carbonyl (C=O) groups is 1. The first-order valence-corrected chi connectivity index (χ1v) is 10.9. The van der Waals surface area contributed by atoms with Crippen molar-refractivity contribution >= 4 is 5.91 Å². The zero-order chi connectivity index (χ0) is 21.2. The third kappa shape index (κ3) is 4.06. The predicted octanol–water partition coefficient (Wildman–Crippen LogP) is 4.29. The summed E-state index contributed by atoms with van der Waals surface area (Å²) in [6.45, 7) is 1.76. The average Bonchev–Trinajstić information content (AvgIpc) is 3.46. The van der Waals surface area contributed by atoms with Gasteiger partial charge in [0.25, 0.3) is 5.91 Å². The number of amides is 1. The fraction of sp³-hybridized carbons (Fsp3) is 0.435. The molecule has 0 aliphatic carbocycles. The minimum atomic E-state index is -0.316. The summed E-state index contributed by atoms with van der Waals surface area (Å²) in [7, 11) is 0. The second kappa shape index (κ2) is 8.53. The Labute approximate surface area is 179 Å². The molecule has 2 aliphatic heterocycles. The van der Waals surface area contributed by atoms with E-state index < -0.39 is 0 Å². The molecule has 1 atom stereocenters. The molecule has 162 valence electrons. The smallest absolute Gasteiger partial charge is 0.290 e. The molecule has 4 heterocycles. The number of nitrogens with zero attached hydrogens (tertiary/aromatic N) is 4. The Morgan fingerprint density at radius 3 is 2.77 bits per heavy atom. The van der Waals surface area contributed by atoms with Gasteiger partial charge in [0.1, 0.15) is 29.8 Å². The van der Waals surface area contributed by atoms with Crippen molar-refractivity contribution in [3.63, 3.8) is 0 Å². The standard InChI is InChI=1S/C23H25FN4O3/c24-16-7-9-17(10-8-16)30-15-18-11-12-20(31-18)23(29)27-13-3-1-5-19(27)22-26-25-21-6-2-4-14-28(21)22/h7-12,19H,1-6,13-15H2/t19-/m0/s1. The first kappa shape index (κ1) is 19.8. The number of hydrogen-bond donors (Lipinski definition) is 0. The Morgan fingerprint density at radius 1 is 1.06 bits per heavy atom. The molecule has 2 aromatic heterocycles. The molecule has 31 heavy (non-hydrogen) atoms. The van der Waals surface area contributed by atoms with Crippen molar-refractivity contribution in [2.75, 3.05) is 6.54 Å². The second-order valence-corrected chi connectivity index (χ2v) is 8.10. The van der Waals surface area contributed by atoms with Crippen molar-refractivity contribution in [3.05, 3.63) is 65.4 Å². The first-order chi connectivity index (χ1) is 15.2. The quantitative estimate of drug-likeness (QED) is 0.611. The summed E-state index contributed by atoms with van der Waals surface area (Å²) in [5.41, 5.74) is 0. The van der Waals surface area contributed by atoms with Crippen molar-refractivity contribution in [1.29, 1.82) is 0 Å². The van der Waals surface area contributed by atoms with Gasteiger partial charge in [-0.25, -0.2) is 4.39 Å². The van der Waals surface area contributed by atoms with Gasteiger partial charge >= 0.3 is 0 Å². The van der Waals surface area contributed by atoms with Crippen LogP contribution in [0.25, 0.3) is 0 Å². The maximum Gasteiger partial charge on any atom is 0.290 e. The SMILES string of the molecule is O=C(c1ccc(COc2ccc(F)cc2)o1)N1CCCC[C@H]1c1nnc2n1CCCC2. The van der Waals surface area contributed by atoms with E-state index >= 15 is 0 Å². The number of rotatable bonds is 5. The summed E-state index contributed by atoms with van der Waals surface area (Å²) in [5, 5.41) is 8.84. The lowest BCUT2D eigenvalue weighted by atomic mass is 10.0. The molecule has 0 saturated carbocycles. The summed E-state index contributed by atoms with van der Waals surface area (Å²) in [4.78, 5) is 15.2. The van der Waals surface area contributed by atoms with E-state index in [1.807, 2.05) is 4.90 Å². The maximum atomic E-state index is 13.3. The summed E-state index contributed by atoms with van der Waals surface area (Å²) >= 11 is 0. The van der Waals surface area contributed by atoms with Gasteiger partial charge in [-0.1, -0.05) is 0 Å². The van der Waals surface area contributed by atoms with Crippen LogP contribution < -0.4 is 4.74 Å². The molecule has 7 nitrogen and oxygen atoms in total. The van der Waals surface area contributed by atoms with Gasteiger partial charge in [-0.15, -0.1) is 10.2 Å². The van der Waals surface area contributed by atoms with Crippen molar-refractivity contribution < 1.29 is 18.3 Å². The number of furan rings is 1. The molecular weight excluding hydrogens is 399 g/mol. The molecule has 1 amide bonds. The highest BCUT2D eigenvalue weighted by atomic mass is 19.1. The van der Waals surface area contributed by atoms with Crippen molar-refractivity contribution in [1.82, 2.24) is 19.7 Å². The number of fused-ring (bicyclic) bond motifs is 1. The van der Waals surface area contributed by atoms with Gasteiger partial charge in [0.05, 0.1) is 6.04 Å². The number of hydrogen-bond acceptors (Lipinski definition) is 5. The van der Waals surface area contributed by atoms with Crippen LogP contribution in [0.15, 0.2) is 40.8 Å². The summed E-state index contributed by atoms with van der Waals surface area (Å²) in [6, 6.07) is 9.15. The Balaban J connectivity index is 1.30. The van der Waals surface area contributed by atoms with Gasteiger partial charge in [-0.05, 0) is 68.5 Å². The molecule has 0 radical (unpaired) electrons. The fourth-order valence-corrected chi connectivity index (χ4v) is 4.42. The molecule has 2 aliphatic rings. The van der Waals surface area contributed by atoms with Gasteiger partial charge in [0, 0.05) is 19.5 Å². The largest absolute Gasteiger partial charge is 0.486 e. The van der Waals surface area contributed by atoms with Crippen LogP contribution in [0.4, 0.5) is 4.39 Å². The van der Waals surface area contributed by atoms with E-state index in [0.29, 0.717) is 23.8 Å². The van der Waals surface area contributed by atoms with Gasteiger partial charge in [-0.2, -0.15) is 0 Å². The van der Waals surface area contributed by atoms with Gasteiger partial charge in [0.2, 0.25) is 0 Å². The van der Waals surface area contributed by atoms with E-state index in [1.165, 1.54) is 12.1 Å². The Kier molecular flexibility index (Phi) is 5.44. The van der Waals surface area contributed by atoms with Crippen LogP contribution in [0.3, 0.4) is 0 Å². The number of halogens is 1. The highest BCUT2D eigenvalue weighted by Crippen LogP contribution is 2.33. The maximum absolute atomic E-state index is 13.3. The first-order valence-electron chi connectivity index (χ1n) is 10.9. The van der Waals surface area contributed by atoms with Gasteiger partial charge in [-0.3, -0.25) is 4.79 Å². The van der Waals surface area contributed by atoms with Crippen molar-refractivity contribution in [2.24, 2.45) is 0 Å². The molecular formula is C23H25FN4O3. The zero-order valence-corrected chi connectivity index (χ0v) is 17.3. The van der Waals surface area contributed by atoms with Gasteiger partial charge in [0.15, 0.2) is 11.6 Å². The van der Waals surface area contributed by atoms with Crippen molar-refractivity contribution in [3.8, 4) is 5.75 Å². The molecule has 5 rings (SSSR count). The lowest BCUT2D eigenvalue weighted by molar-refractivity contribution is 0.0557. The molecule has 1 aromatic carbocycles. The van der Waals surface area contributed by atoms with Crippen LogP contribution in [0.1, 0.15) is 66.1 Å². The van der Waals surface area contributed by atoms with Crippen LogP contribution in [0.2, 0.25) is 0 Å². The molecule has 0 bridgehead atoms. The van der Waals surface area contributed by atoms with Gasteiger partial charge < -0.3 is 18.6 Å². The Hall–Kier alpha value is -3.16. The number of aryl methyl sites for hydroxylation is 1. The van der Waals surface area contributed by atoms with Crippen LogP contribution in [0, 0.1) is 5.82 Å². The molecule has 1 fully saturated rings. The molecule has 0 unspecified atom stereocenters. The highest BCUT2D eigenvalue weighted by Gasteiger charge is 2.34. The molecule has 3 aromatic rings. The van der Waals surface area contributed by atoms with E-state index in [-0.39, 0.29) is 24.4 Å². The minimum Gasteiger partial charge on any atom is -0.486 e. The fourth-order valence-electron chi connectivity index (χ4n) is 4.42. The molecule has 0 N–H and O–H groups in total. The monoisotopic (exact) mass is 424 g/mol. The molecule has 1 saturated heterocycles. The van der Waals surface area contributed by atoms with E-state index in [0.717, 1.165) is 56.7 Å². The van der Waals surface area contributed by atoms with Crippen LogP contribution in [-0.2, 0) is 19.6 Å². The third-order valence-electron chi connectivity index (χ3n) is 6.02. The zero-order valence-electron chi connectivity index (χ0n) is 17.3. The van der Waals surface area contributed by atoms with E-state index in [4.69, 9.17) is 9.15 Å². The number of aromatic nitrogens is 3. The topological polar surface area (TPSA) is 73.4 Å². The van der Waals surface area contributed by atoms with E-state index in [2.05, 4.69) is 14.8 Å². The predicted molar refractivity (Wildman–Crippen MR) is 110 cm³/mol. The summed E-state index contributed by atoms with van der Waals surface area (Å²) < 4.78 is 26.6. The molecule has 0 spiro atoms. The normalized spacial score (nSPS) is 18.6. The lowest BCUT2D eigenvalue weighted by Gasteiger charge is -2.35. The van der Waals surface area contributed by atoms with Crippen LogP contribution in [0.5, 0.6) is 5.75 Å². The lowest BCUT2D eigenvalue weighted by Crippen LogP contribution is -2.39. The number of ether oxygens (including phenoxy) is 1. The number of likely N-dealkylation sites (tertiary alicyclic amines) is 1. The third-order valence-corrected chi connectivity index (χ3v) is 6.02. The number of benzene rings is 1. The van der Waals surface area contributed by atoms with E-state index in [9.17, 15) is 9.18 Å². The highest BCUT2D eigenvalue weighted by molar-refractivity contribution is 5.91. The number of piperidine rings is 1.